The molecular formula is C31H39N5O3. The van der Waals surface area contributed by atoms with E-state index in [1.165, 1.54) is 5.56 Å². The number of anilines is 1. The molecule has 0 spiro atoms. The summed E-state index contributed by atoms with van der Waals surface area (Å²) in [5, 5.41) is 22.2. The summed E-state index contributed by atoms with van der Waals surface area (Å²) >= 11 is 0. The first-order valence-electron chi connectivity index (χ1n) is 14.0. The van der Waals surface area contributed by atoms with Gasteiger partial charge in [0.05, 0.1) is 24.2 Å². The molecule has 1 amide bonds. The van der Waals surface area contributed by atoms with Crippen LogP contribution < -0.4 is 10.2 Å². The summed E-state index contributed by atoms with van der Waals surface area (Å²) in [4.78, 5) is 18.2. The number of ether oxygens (including phenoxy) is 1. The first kappa shape index (κ1) is 27.1. The molecule has 2 fully saturated rings. The summed E-state index contributed by atoms with van der Waals surface area (Å²) in [5.74, 6) is 0.531. The van der Waals surface area contributed by atoms with Crippen LogP contribution in [-0.4, -0.2) is 79.1 Å². The molecule has 0 aliphatic carbocycles. The maximum absolute atomic E-state index is 13.7. The van der Waals surface area contributed by atoms with Gasteiger partial charge in [0.15, 0.2) is 0 Å². The van der Waals surface area contributed by atoms with E-state index in [0.717, 1.165) is 57.5 Å². The van der Waals surface area contributed by atoms with Crippen LogP contribution >= 0.6 is 0 Å². The second kappa shape index (κ2) is 12.6. The van der Waals surface area contributed by atoms with Gasteiger partial charge in [-0.25, -0.2) is 0 Å². The van der Waals surface area contributed by atoms with Gasteiger partial charge in [0, 0.05) is 50.2 Å². The maximum atomic E-state index is 13.7. The number of aromatic nitrogens is 2. The highest BCUT2D eigenvalue weighted by Crippen LogP contribution is 2.39. The monoisotopic (exact) mass is 529 g/mol. The molecule has 0 saturated carbocycles. The average molecular weight is 530 g/mol. The van der Waals surface area contributed by atoms with E-state index in [1.807, 2.05) is 18.2 Å². The zero-order valence-electron chi connectivity index (χ0n) is 22.8. The number of hydrogen-bond donors (Lipinski definition) is 2. The summed E-state index contributed by atoms with van der Waals surface area (Å²) in [6.45, 7) is 5.29. The average Bonchev–Trinajstić information content (AvgIpc) is 3.00. The lowest BCUT2D eigenvalue weighted by atomic mass is 9.72. The molecule has 0 unspecified atom stereocenters. The van der Waals surface area contributed by atoms with Crippen molar-refractivity contribution in [1.29, 1.82) is 0 Å². The molecule has 2 aliphatic heterocycles. The minimum Gasteiger partial charge on any atom is -0.507 e. The third-order valence-corrected chi connectivity index (χ3v) is 8.35. The molecule has 2 saturated heterocycles. The topological polar surface area (TPSA) is 90.8 Å². The number of rotatable bonds is 9. The van der Waals surface area contributed by atoms with Gasteiger partial charge in [0.1, 0.15) is 5.75 Å². The number of phenols is 1. The molecule has 39 heavy (non-hydrogen) atoms. The van der Waals surface area contributed by atoms with Crippen molar-refractivity contribution >= 4 is 11.6 Å². The molecule has 206 valence electrons. The maximum Gasteiger partial charge on any atom is 0.225 e. The number of methoxy groups -OCH3 is 1. The molecule has 3 aromatic rings. The second-order valence-corrected chi connectivity index (χ2v) is 10.7. The smallest absolute Gasteiger partial charge is 0.225 e. The molecule has 3 heterocycles. The Morgan fingerprint density at radius 1 is 1.10 bits per heavy atom. The van der Waals surface area contributed by atoms with E-state index in [0.29, 0.717) is 31.0 Å². The van der Waals surface area contributed by atoms with Crippen LogP contribution in [0.5, 0.6) is 5.75 Å². The Hall–Kier alpha value is -3.49. The largest absolute Gasteiger partial charge is 0.507 e. The van der Waals surface area contributed by atoms with Crippen molar-refractivity contribution in [3.63, 3.8) is 0 Å². The summed E-state index contributed by atoms with van der Waals surface area (Å²) in [7, 11) is 1.70. The van der Waals surface area contributed by atoms with Crippen molar-refractivity contribution in [1.82, 2.24) is 20.4 Å². The van der Waals surface area contributed by atoms with Gasteiger partial charge in [0.25, 0.3) is 0 Å². The van der Waals surface area contributed by atoms with Crippen molar-refractivity contribution in [2.45, 2.75) is 31.1 Å². The molecule has 0 bridgehead atoms. The molecule has 2 aliphatic rings. The first-order chi connectivity index (χ1) is 19.1. The van der Waals surface area contributed by atoms with Crippen LogP contribution in [0.1, 0.15) is 31.2 Å². The lowest BCUT2D eigenvalue weighted by molar-refractivity contribution is -0.138. The van der Waals surface area contributed by atoms with Gasteiger partial charge in [-0.3, -0.25) is 4.79 Å². The molecule has 5 rings (SSSR count). The van der Waals surface area contributed by atoms with E-state index in [2.05, 4.69) is 55.6 Å². The highest BCUT2D eigenvalue weighted by molar-refractivity contribution is 5.79. The van der Waals surface area contributed by atoms with E-state index < -0.39 is 0 Å². The van der Waals surface area contributed by atoms with Crippen LogP contribution in [0.15, 0.2) is 66.9 Å². The van der Waals surface area contributed by atoms with Crippen molar-refractivity contribution in [2.75, 3.05) is 57.9 Å². The highest BCUT2D eigenvalue weighted by atomic mass is 16.5. The lowest BCUT2D eigenvalue weighted by Gasteiger charge is -2.46. The fraction of sp³-hybridized carbons (Fsp3) is 0.452. The predicted molar refractivity (Wildman–Crippen MR) is 153 cm³/mol. The Kier molecular flexibility index (Phi) is 8.74. The molecule has 8 heteroatoms. The number of para-hydroxylation sites is 1. The number of carbonyl (C=O) groups is 1. The number of benzene rings is 2. The minimum atomic E-state index is -0.144. The quantitative estimate of drug-likeness (QED) is 0.435. The van der Waals surface area contributed by atoms with Crippen molar-refractivity contribution in [3.05, 3.63) is 72.4 Å². The minimum absolute atomic E-state index is 0.0757. The van der Waals surface area contributed by atoms with Gasteiger partial charge >= 0.3 is 0 Å². The molecule has 0 atom stereocenters. The predicted octanol–water partition coefficient (Wildman–Crippen LogP) is 3.86. The molecule has 8 nitrogen and oxygen atoms in total. The Balaban J connectivity index is 1.37. The molecular weight excluding hydrogens is 490 g/mol. The number of piperidine rings is 2. The molecule has 0 radical (unpaired) electrons. The number of nitrogens with one attached hydrogen (secondary N) is 1. The van der Waals surface area contributed by atoms with Gasteiger partial charge in [-0.2, -0.15) is 10.2 Å². The Morgan fingerprint density at radius 2 is 1.82 bits per heavy atom. The van der Waals surface area contributed by atoms with Crippen molar-refractivity contribution < 1.29 is 14.6 Å². The number of amides is 1. The van der Waals surface area contributed by atoms with E-state index >= 15 is 0 Å². The Bertz CT molecular complexity index is 1220. The summed E-state index contributed by atoms with van der Waals surface area (Å²) in [6, 6.07) is 19.9. The van der Waals surface area contributed by atoms with E-state index in [1.54, 1.807) is 25.4 Å². The number of carbonyl (C=O) groups excluding carboxylic acids is 1. The van der Waals surface area contributed by atoms with Gasteiger partial charge in [-0.05, 0) is 62.5 Å². The zero-order chi connectivity index (χ0) is 27.1. The SMILES string of the molecule is COCCN(CC1(c2ccccc2)CCN(c2cnnc(-c3ccccc3O)c2)CC1)C(=O)C1CCNCC1. The second-order valence-electron chi connectivity index (χ2n) is 10.7. The van der Waals surface area contributed by atoms with E-state index in [9.17, 15) is 9.90 Å². The number of aromatic hydroxyl groups is 1. The molecule has 2 N–H and O–H groups in total. The summed E-state index contributed by atoms with van der Waals surface area (Å²) < 4.78 is 5.42. The van der Waals surface area contributed by atoms with E-state index in [4.69, 9.17) is 4.74 Å². The Morgan fingerprint density at radius 3 is 2.54 bits per heavy atom. The number of nitrogens with zero attached hydrogens (tertiary/aromatic N) is 4. The van der Waals surface area contributed by atoms with Crippen LogP contribution in [0.25, 0.3) is 11.3 Å². The standard InChI is InChI=1S/C31H39N5O3/c1-39-20-19-36(30(38)24-11-15-32-16-12-24)23-31(25-7-3-2-4-8-25)13-17-35(18-14-31)26-21-28(34-33-22-26)27-9-5-6-10-29(27)37/h2-10,21-22,24,32,37H,11-20,23H2,1H3. The third kappa shape index (κ3) is 6.23. The van der Waals surface area contributed by atoms with Crippen molar-refractivity contribution in [3.8, 4) is 17.0 Å². The van der Waals surface area contributed by atoms with E-state index in [-0.39, 0.29) is 23.0 Å². The van der Waals surface area contributed by atoms with Crippen LogP contribution in [0.3, 0.4) is 0 Å². The summed E-state index contributed by atoms with van der Waals surface area (Å²) in [5.41, 5.74) is 3.46. The van der Waals surface area contributed by atoms with Crippen LogP contribution in [0.2, 0.25) is 0 Å². The number of phenolic OH excluding ortho intramolecular Hbond substituents is 1. The van der Waals surface area contributed by atoms with Crippen LogP contribution in [0.4, 0.5) is 5.69 Å². The fourth-order valence-corrected chi connectivity index (χ4v) is 6.04. The van der Waals surface area contributed by atoms with Gasteiger partial charge in [-0.1, -0.05) is 42.5 Å². The number of hydrogen-bond acceptors (Lipinski definition) is 7. The highest BCUT2D eigenvalue weighted by Gasteiger charge is 2.40. The Labute approximate surface area is 231 Å². The van der Waals surface area contributed by atoms with Gasteiger partial charge < -0.3 is 25.0 Å². The lowest BCUT2D eigenvalue weighted by Crippen LogP contribution is -2.52. The first-order valence-corrected chi connectivity index (χ1v) is 14.0. The summed E-state index contributed by atoms with van der Waals surface area (Å²) in [6.07, 6.45) is 5.40. The zero-order valence-corrected chi connectivity index (χ0v) is 22.8. The fourth-order valence-electron chi connectivity index (χ4n) is 6.04. The molecule has 2 aromatic carbocycles. The molecule has 1 aromatic heterocycles. The van der Waals surface area contributed by atoms with Crippen LogP contribution in [0, 0.1) is 5.92 Å². The van der Waals surface area contributed by atoms with Crippen LogP contribution in [-0.2, 0) is 14.9 Å². The normalized spacial score (nSPS) is 17.6. The van der Waals surface area contributed by atoms with Crippen molar-refractivity contribution in [2.24, 2.45) is 5.92 Å². The van der Waals surface area contributed by atoms with Gasteiger partial charge in [-0.15, -0.1) is 0 Å². The van der Waals surface area contributed by atoms with Gasteiger partial charge in [0.2, 0.25) is 5.91 Å². The third-order valence-electron chi connectivity index (χ3n) is 8.35.